The molecule has 0 spiro atoms. The number of hydrogen-bond acceptors (Lipinski definition) is 2. The Balaban J connectivity index is 1.60. The van der Waals surface area contributed by atoms with E-state index in [-0.39, 0.29) is 6.29 Å². The molecule has 121 valence electrons. The van der Waals surface area contributed by atoms with Gasteiger partial charge in [0, 0.05) is 17.8 Å². The molecule has 0 atom stereocenters. The Hall–Kier alpha value is -1.07. The maximum atomic E-state index is 13.3. The van der Waals surface area contributed by atoms with Crippen LogP contribution in [0.5, 0.6) is 0 Å². The second-order valence-corrected chi connectivity index (χ2v) is 6.34. The fraction of sp³-hybridized carbons (Fsp3) is 0.588. The third kappa shape index (κ3) is 3.30. The van der Waals surface area contributed by atoms with Gasteiger partial charge in [-0.25, -0.2) is 13.2 Å². The molecule has 1 aliphatic heterocycles. The van der Waals surface area contributed by atoms with Crippen LogP contribution in [0.2, 0.25) is 0 Å². The van der Waals surface area contributed by atoms with Gasteiger partial charge in [0.05, 0.1) is 13.2 Å². The third-order valence-corrected chi connectivity index (χ3v) is 4.50. The fourth-order valence-corrected chi connectivity index (χ4v) is 3.20. The van der Waals surface area contributed by atoms with Gasteiger partial charge in [-0.05, 0) is 43.4 Å². The van der Waals surface area contributed by atoms with Crippen molar-refractivity contribution in [1.29, 1.82) is 0 Å². The smallest absolute Gasteiger partial charge is 0.194 e. The molecule has 0 aromatic heterocycles. The van der Waals surface area contributed by atoms with Crippen LogP contribution in [0.4, 0.5) is 13.2 Å². The van der Waals surface area contributed by atoms with Crippen molar-refractivity contribution >= 4 is 0 Å². The first-order chi connectivity index (χ1) is 10.5. The number of halogens is 3. The standard InChI is InChI=1S/C17H20F3O2/c1-10-8-21-17(22-9-10)12-4-2-11(3-5-12)13-6-14(18)16(20)15(19)7-13/h6-7,10,12,17H,2-5,8-9H2,1H3. The van der Waals surface area contributed by atoms with E-state index in [0.717, 1.165) is 43.7 Å². The van der Waals surface area contributed by atoms with E-state index < -0.39 is 17.5 Å². The SMILES string of the molecule is CC1COC(C2CC[C](c3cc(F)c(F)c(F)c3)CC2)OC1. The predicted octanol–water partition coefficient (Wildman–Crippen LogP) is 4.23. The summed E-state index contributed by atoms with van der Waals surface area (Å²) in [6.45, 7) is 3.51. The molecule has 3 rings (SSSR count). The normalized spacial score (nSPS) is 28.0. The zero-order chi connectivity index (χ0) is 15.7. The molecule has 0 unspecified atom stereocenters. The maximum absolute atomic E-state index is 13.3. The van der Waals surface area contributed by atoms with Crippen molar-refractivity contribution in [3.8, 4) is 0 Å². The zero-order valence-electron chi connectivity index (χ0n) is 12.6. The summed E-state index contributed by atoms with van der Waals surface area (Å²) in [5.41, 5.74) is 0.467. The van der Waals surface area contributed by atoms with Gasteiger partial charge in [-0.2, -0.15) is 0 Å². The topological polar surface area (TPSA) is 18.5 Å². The Labute approximate surface area is 128 Å². The highest BCUT2D eigenvalue weighted by Gasteiger charge is 2.32. The molecular formula is C17H20F3O2. The summed E-state index contributed by atoms with van der Waals surface area (Å²) in [6.07, 6.45) is 3.01. The average Bonchev–Trinajstić information content (AvgIpc) is 2.53. The number of benzene rings is 1. The van der Waals surface area contributed by atoms with E-state index in [1.807, 2.05) is 0 Å². The van der Waals surface area contributed by atoms with Gasteiger partial charge in [-0.1, -0.05) is 6.92 Å². The van der Waals surface area contributed by atoms with Crippen molar-refractivity contribution in [2.45, 2.75) is 38.9 Å². The minimum atomic E-state index is -1.41. The van der Waals surface area contributed by atoms with Crippen LogP contribution in [-0.4, -0.2) is 19.5 Å². The largest absolute Gasteiger partial charge is 0.352 e. The highest BCUT2D eigenvalue weighted by molar-refractivity contribution is 5.33. The molecule has 2 nitrogen and oxygen atoms in total. The van der Waals surface area contributed by atoms with Crippen LogP contribution < -0.4 is 0 Å². The van der Waals surface area contributed by atoms with Gasteiger partial charge in [-0.15, -0.1) is 0 Å². The lowest BCUT2D eigenvalue weighted by Crippen LogP contribution is -2.37. The molecule has 0 bridgehead atoms. The highest BCUT2D eigenvalue weighted by Crippen LogP contribution is 2.38. The van der Waals surface area contributed by atoms with Crippen molar-refractivity contribution < 1.29 is 22.6 Å². The van der Waals surface area contributed by atoms with Gasteiger partial charge in [0.25, 0.3) is 0 Å². The average molecular weight is 313 g/mol. The Morgan fingerprint density at radius 1 is 0.955 bits per heavy atom. The van der Waals surface area contributed by atoms with Crippen molar-refractivity contribution in [3.05, 3.63) is 41.1 Å². The van der Waals surface area contributed by atoms with E-state index in [0.29, 0.717) is 30.6 Å². The van der Waals surface area contributed by atoms with Gasteiger partial charge in [-0.3, -0.25) is 0 Å². The van der Waals surface area contributed by atoms with Crippen LogP contribution in [0.3, 0.4) is 0 Å². The van der Waals surface area contributed by atoms with Crippen LogP contribution in [0.1, 0.15) is 38.2 Å². The lowest BCUT2D eigenvalue weighted by Gasteiger charge is -2.36. The fourth-order valence-electron chi connectivity index (χ4n) is 3.20. The summed E-state index contributed by atoms with van der Waals surface area (Å²) >= 11 is 0. The van der Waals surface area contributed by atoms with Crippen molar-refractivity contribution in [1.82, 2.24) is 0 Å². The molecule has 22 heavy (non-hydrogen) atoms. The maximum Gasteiger partial charge on any atom is 0.194 e. The third-order valence-electron chi connectivity index (χ3n) is 4.50. The quantitative estimate of drug-likeness (QED) is 0.761. The van der Waals surface area contributed by atoms with Crippen LogP contribution in [0, 0.1) is 35.2 Å². The van der Waals surface area contributed by atoms with E-state index in [1.165, 1.54) is 0 Å². The first kappa shape index (κ1) is 15.8. The van der Waals surface area contributed by atoms with Gasteiger partial charge in [0.1, 0.15) is 0 Å². The molecule has 1 saturated carbocycles. The first-order valence-corrected chi connectivity index (χ1v) is 7.77. The highest BCUT2D eigenvalue weighted by atomic mass is 19.2. The summed E-state index contributed by atoms with van der Waals surface area (Å²) in [4.78, 5) is 0. The molecule has 1 aromatic carbocycles. The van der Waals surface area contributed by atoms with Gasteiger partial charge < -0.3 is 9.47 Å². The molecule has 1 aromatic rings. The monoisotopic (exact) mass is 313 g/mol. The van der Waals surface area contributed by atoms with Crippen molar-refractivity contribution in [3.63, 3.8) is 0 Å². The minimum Gasteiger partial charge on any atom is -0.352 e. The molecule has 2 fully saturated rings. The lowest BCUT2D eigenvalue weighted by atomic mass is 9.78. The van der Waals surface area contributed by atoms with Crippen LogP contribution in [0.15, 0.2) is 12.1 Å². The summed E-state index contributed by atoms with van der Waals surface area (Å²) in [5.74, 6) is -1.96. The Morgan fingerprint density at radius 3 is 2.05 bits per heavy atom. The molecule has 1 aliphatic carbocycles. The Bertz CT molecular complexity index is 496. The van der Waals surface area contributed by atoms with E-state index in [4.69, 9.17) is 9.47 Å². The second-order valence-electron chi connectivity index (χ2n) is 6.34. The van der Waals surface area contributed by atoms with E-state index in [2.05, 4.69) is 6.92 Å². The van der Waals surface area contributed by atoms with Crippen molar-refractivity contribution in [2.75, 3.05) is 13.2 Å². The van der Waals surface area contributed by atoms with Gasteiger partial charge in [0.15, 0.2) is 23.7 Å². The summed E-state index contributed by atoms with van der Waals surface area (Å²) in [6, 6.07) is 2.17. The van der Waals surface area contributed by atoms with Gasteiger partial charge >= 0.3 is 0 Å². The zero-order valence-corrected chi connectivity index (χ0v) is 12.6. The Morgan fingerprint density at radius 2 is 1.50 bits per heavy atom. The molecule has 0 N–H and O–H groups in total. The number of hydrogen-bond donors (Lipinski definition) is 0. The molecule has 0 amide bonds. The number of ether oxygens (including phenoxy) is 2. The molecule has 1 saturated heterocycles. The molecule has 1 radical (unpaired) electrons. The van der Waals surface area contributed by atoms with Gasteiger partial charge in [0.2, 0.25) is 0 Å². The lowest BCUT2D eigenvalue weighted by molar-refractivity contribution is -0.225. The van der Waals surface area contributed by atoms with E-state index in [1.54, 1.807) is 0 Å². The summed E-state index contributed by atoms with van der Waals surface area (Å²) < 4.78 is 51.1. The molecule has 1 heterocycles. The van der Waals surface area contributed by atoms with Crippen molar-refractivity contribution in [2.24, 2.45) is 11.8 Å². The Kier molecular flexibility index (Phi) is 4.73. The van der Waals surface area contributed by atoms with Crippen LogP contribution in [-0.2, 0) is 9.47 Å². The van der Waals surface area contributed by atoms with E-state index >= 15 is 0 Å². The van der Waals surface area contributed by atoms with Crippen LogP contribution in [0.25, 0.3) is 0 Å². The first-order valence-electron chi connectivity index (χ1n) is 7.77. The second kappa shape index (κ2) is 6.59. The minimum absolute atomic E-state index is 0.167. The summed E-state index contributed by atoms with van der Waals surface area (Å²) in [7, 11) is 0. The molecular weight excluding hydrogens is 293 g/mol. The molecule has 2 aliphatic rings. The van der Waals surface area contributed by atoms with Crippen LogP contribution >= 0.6 is 0 Å². The summed E-state index contributed by atoms with van der Waals surface area (Å²) in [5, 5.41) is 0. The number of rotatable bonds is 2. The predicted molar refractivity (Wildman–Crippen MR) is 75.5 cm³/mol. The molecule has 5 heteroatoms. The van der Waals surface area contributed by atoms with E-state index in [9.17, 15) is 13.2 Å².